The molecular weight excluding hydrogens is 240 g/mol. The van der Waals surface area contributed by atoms with Gasteiger partial charge < -0.3 is 10.2 Å². The van der Waals surface area contributed by atoms with Crippen LogP contribution in [0.2, 0.25) is 0 Å². The Morgan fingerprint density at radius 3 is 2.00 bits per heavy atom. The first kappa shape index (κ1) is 11.2. The summed E-state index contributed by atoms with van der Waals surface area (Å²) in [5.74, 6) is 0.324. The zero-order valence-electron chi connectivity index (χ0n) is 8.25. The van der Waals surface area contributed by atoms with E-state index in [4.69, 9.17) is 0 Å². The summed E-state index contributed by atoms with van der Waals surface area (Å²) in [5.41, 5.74) is 1.78. The monoisotopic (exact) mass is 250 g/mol. The molecule has 0 amide bonds. The number of benzene rings is 2. The van der Waals surface area contributed by atoms with Gasteiger partial charge in [-0.05, 0) is 35.4 Å². The summed E-state index contributed by atoms with van der Waals surface area (Å²) in [4.78, 5) is 1.07. The van der Waals surface area contributed by atoms with Crippen molar-refractivity contribution in [1.29, 1.82) is 0 Å². The number of phenolic OH excluding ortho intramolecular Hbond substituents is 2. The van der Waals surface area contributed by atoms with Crippen molar-refractivity contribution in [2.75, 3.05) is 0 Å². The van der Waals surface area contributed by atoms with Crippen LogP contribution in [0.15, 0.2) is 46.2 Å². The van der Waals surface area contributed by atoms with E-state index in [1.165, 1.54) is 0 Å². The maximum absolute atomic E-state index is 9.45. The first-order chi connectivity index (χ1) is 7.59. The predicted octanol–water partition coefficient (Wildman–Crippen LogP) is 3.34. The van der Waals surface area contributed by atoms with Crippen LogP contribution < -0.4 is 0 Å². The minimum Gasteiger partial charge on any atom is -0.508 e. The van der Waals surface area contributed by atoms with Crippen molar-refractivity contribution >= 4 is 25.3 Å². The number of thiol groups is 2. The SMILES string of the molecule is Oc1ccc(-c2ccc(O)c(S)c2S)cc1. The van der Waals surface area contributed by atoms with Crippen molar-refractivity contribution in [3.05, 3.63) is 36.4 Å². The summed E-state index contributed by atoms with van der Waals surface area (Å²) >= 11 is 8.50. The highest BCUT2D eigenvalue weighted by Crippen LogP contribution is 2.36. The van der Waals surface area contributed by atoms with Gasteiger partial charge in [-0.2, -0.15) is 0 Å². The van der Waals surface area contributed by atoms with Crippen molar-refractivity contribution in [2.45, 2.75) is 9.79 Å². The molecule has 0 saturated heterocycles. The number of phenols is 2. The van der Waals surface area contributed by atoms with Gasteiger partial charge in [-0.1, -0.05) is 12.1 Å². The Morgan fingerprint density at radius 2 is 1.38 bits per heavy atom. The second kappa shape index (κ2) is 4.31. The molecule has 0 spiro atoms. The highest BCUT2D eigenvalue weighted by atomic mass is 32.1. The molecule has 0 fully saturated rings. The lowest BCUT2D eigenvalue weighted by Gasteiger charge is -2.09. The Hall–Kier alpha value is -1.26. The molecule has 0 aromatic heterocycles. The van der Waals surface area contributed by atoms with Gasteiger partial charge in [0.15, 0.2) is 0 Å². The maximum atomic E-state index is 9.45. The van der Waals surface area contributed by atoms with Crippen LogP contribution >= 0.6 is 25.3 Å². The molecule has 0 unspecified atom stereocenters. The first-order valence-electron chi connectivity index (χ1n) is 4.63. The fraction of sp³-hybridized carbons (Fsp3) is 0. The molecule has 82 valence electrons. The molecule has 0 heterocycles. The van der Waals surface area contributed by atoms with Gasteiger partial charge in [0, 0.05) is 4.90 Å². The Labute approximate surface area is 104 Å². The maximum Gasteiger partial charge on any atom is 0.130 e. The van der Waals surface area contributed by atoms with Crippen LogP contribution in [0, 0.1) is 0 Å². The topological polar surface area (TPSA) is 40.5 Å². The van der Waals surface area contributed by atoms with Gasteiger partial charge in [0.25, 0.3) is 0 Å². The molecule has 0 atom stereocenters. The fourth-order valence-corrected chi connectivity index (χ4v) is 1.96. The molecule has 0 radical (unpaired) electrons. The molecule has 16 heavy (non-hydrogen) atoms. The smallest absolute Gasteiger partial charge is 0.130 e. The summed E-state index contributed by atoms with van der Waals surface area (Å²) < 4.78 is 0. The van der Waals surface area contributed by atoms with Crippen LogP contribution in [0.5, 0.6) is 11.5 Å². The lowest BCUT2D eigenvalue weighted by molar-refractivity contribution is 0.460. The summed E-state index contributed by atoms with van der Waals surface area (Å²) in [5, 5.41) is 18.6. The van der Waals surface area contributed by atoms with Gasteiger partial charge in [0.2, 0.25) is 0 Å². The van der Waals surface area contributed by atoms with Crippen LogP contribution in [-0.2, 0) is 0 Å². The molecule has 2 nitrogen and oxygen atoms in total. The van der Waals surface area contributed by atoms with E-state index in [1.807, 2.05) is 0 Å². The van der Waals surface area contributed by atoms with E-state index in [1.54, 1.807) is 36.4 Å². The van der Waals surface area contributed by atoms with Gasteiger partial charge in [0.1, 0.15) is 11.5 Å². The fourth-order valence-electron chi connectivity index (χ4n) is 1.44. The molecule has 2 rings (SSSR count). The summed E-state index contributed by atoms with van der Waals surface area (Å²) in [7, 11) is 0. The second-order valence-corrected chi connectivity index (χ2v) is 4.27. The first-order valence-corrected chi connectivity index (χ1v) is 5.52. The van der Waals surface area contributed by atoms with Crippen LogP contribution in [0.3, 0.4) is 0 Å². The standard InChI is InChI=1S/C12H10O2S2/c13-8-3-1-7(2-4-8)9-5-6-10(14)12(16)11(9)15/h1-6,13-16H. The van der Waals surface area contributed by atoms with Crippen LogP contribution in [0.1, 0.15) is 0 Å². The van der Waals surface area contributed by atoms with Crippen LogP contribution in [0.25, 0.3) is 11.1 Å². The van der Waals surface area contributed by atoms with E-state index >= 15 is 0 Å². The number of hydrogen-bond acceptors (Lipinski definition) is 4. The number of rotatable bonds is 1. The van der Waals surface area contributed by atoms with E-state index in [0.717, 1.165) is 11.1 Å². The highest BCUT2D eigenvalue weighted by molar-refractivity contribution is 7.83. The molecule has 2 aromatic rings. The van der Waals surface area contributed by atoms with Crippen molar-refractivity contribution < 1.29 is 10.2 Å². The minimum atomic E-state index is 0.107. The lowest BCUT2D eigenvalue weighted by Crippen LogP contribution is -1.82. The third-order valence-electron chi connectivity index (χ3n) is 2.31. The number of aromatic hydroxyl groups is 2. The third-order valence-corrected chi connectivity index (χ3v) is 3.40. The van der Waals surface area contributed by atoms with Crippen molar-refractivity contribution in [2.24, 2.45) is 0 Å². The Balaban J connectivity index is 2.57. The van der Waals surface area contributed by atoms with E-state index < -0.39 is 0 Å². The number of hydrogen-bond donors (Lipinski definition) is 4. The lowest BCUT2D eigenvalue weighted by atomic mass is 10.1. The van der Waals surface area contributed by atoms with E-state index in [-0.39, 0.29) is 11.5 Å². The molecule has 2 N–H and O–H groups in total. The Kier molecular flexibility index (Phi) is 3.03. The van der Waals surface area contributed by atoms with E-state index in [0.29, 0.717) is 9.79 Å². The van der Waals surface area contributed by atoms with Crippen LogP contribution in [-0.4, -0.2) is 10.2 Å². The van der Waals surface area contributed by atoms with Gasteiger partial charge in [-0.3, -0.25) is 0 Å². The molecule has 0 aliphatic rings. The van der Waals surface area contributed by atoms with Gasteiger partial charge in [-0.15, -0.1) is 25.3 Å². The van der Waals surface area contributed by atoms with Crippen molar-refractivity contribution in [3.8, 4) is 22.6 Å². The largest absolute Gasteiger partial charge is 0.508 e. The Bertz CT molecular complexity index is 521. The second-order valence-electron chi connectivity index (χ2n) is 3.38. The average molecular weight is 250 g/mol. The predicted molar refractivity (Wildman–Crippen MR) is 69.7 cm³/mol. The van der Waals surface area contributed by atoms with Crippen LogP contribution in [0.4, 0.5) is 0 Å². The molecule has 4 heteroatoms. The summed E-state index contributed by atoms with van der Waals surface area (Å²) in [6.07, 6.45) is 0. The van der Waals surface area contributed by atoms with Gasteiger partial charge >= 0.3 is 0 Å². The summed E-state index contributed by atoms with van der Waals surface area (Å²) in [6.45, 7) is 0. The van der Waals surface area contributed by atoms with Crippen molar-refractivity contribution in [1.82, 2.24) is 0 Å². The van der Waals surface area contributed by atoms with E-state index in [9.17, 15) is 10.2 Å². The molecule has 2 aromatic carbocycles. The minimum absolute atomic E-state index is 0.107. The molecule has 0 saturated carbocycles. The molecule has 0 aliphatic heterocycles. The average Bonchev–Trinajstić information content (AvgIpc) is 2.28. The van der Waals surface area contributed by atoms with E-state index in [2.05, 4.69) is 25.3 Å². The van der Waals surface area contributed by atoms with Gasteiger partial charge in [0.05, 0.1) is 4.90 Å². The Morgan fingerprint density at radius 1 is 0.750 bits per heavy atom. The zero-order valence-corrected chi connectivity index (χ0v) is 10.0. The quantitative estimate of drug-likeness (QED) is 0.586. The zero-order chi connectivity index (χ0) is 11.7. The highest BCUT2D eigenvalue weighted by Gasteiger charge is 2.08. The van der Waals surface area contributed by atoms with Crippen molar-refractivity contribution in [3.63, 3.8) is 0 Å². The summed E-state index contributed by atoms with van der Waals surface area (Å²) in [6, 6.07) is 10.1. The van der Waals surface area contributed by atoms with Gasteiger partial charge in [-0.25, -0.2) is 0 Å². The molecule has 0 bridgehead atoms. The molecule has 0 aliphatic carbocycles. The third kappa shape index (κ3) is 1.99. The molecular formula is C12H10O2S2. The normalized spacial score (nSPS) is 10.4.